The highest BCUT2D eigenvalue weighted by Gasteiger charge is 2.15. The molecule has 0 atom stereocenters. The average Bonchev–Trinajstić information content (AvgIpc) is 3.10. The molecule has 0 spiro atoms. The molecule has 0 aliphatic heterocycles. The molecule has 1 N–H and O–H groups in total. The first-order valence-corrected chi connectivity index (χ1v) is 8.98. The lowest BCUT2D eigenvalue weighted by atomic mass is 10.1. The molecule has 1 amide bonds. The fraction of sp³-hybridized carbons (Fsp3) is 0.316. The molecule has 0 aliphatic rings. The molecule has 3 aromatic rings. The van der Waals surface area contributed by atoms with Gasteiger partial charge < -0.3 is 9.84 Å². The van der Waals surface area contributed by atoms with Crippen LogP contribution in [-0.4, -0.2) is 16.0 Å². The molecular weight excluding hydrogens is 334 g/mol. The second-order valence-electron chi connectivity index (χ2n) is 6.10. The van der Waals surface area contributed by atoms with Gasteiger partial charge in [0.2, 0.25) is 5.91 Å². The van der Waals surface area contributed by atoms with E-state index in [1.807, 2.05) is 32.9 Å². The maximum Gasteiger partial charge on any atom is 0.224 e. The SMILES string of the molecule is Cc1ccccc1-c1nc(C)c(CNC(=O)Cc2c(C)noc2C)s1. The summed E-state index contributed by atoms with van der Waals surface area (Å²) in [6.45, 7) is 8.22. The van der Waals surface area contributed by atoms with Gasteiger partial charge in [0.25, 0.3) is 0 Å². The molecule has 0 aliphatic carbocycles. The Morgan fingerprint density at radius 2 is 1.92 bits per heavy atom. The minimum absolute atomic E-state index is 0.0420. The van der Waals surface area contributed by atoms with Gasteiger partial charge in [-0.25, -0.2) is 4.98 Å². The van der Waals surface area contributed by atoms with Crippen molar-refractivity contribution >= 4 is 17.2 Å². The summed E-state index contributed by atoms with van der Waals surface area (Å²) in [6, 6.07) is 8.20. The highest BCUT2D eigenvalue weighted by molar-refractivity contribution is 7.15. The molecule has 25 heavy (non-hydrogen) atoms. The summed E-state index contributed by atoms with van der Waals surface area (Å²) in [5.74, 6) is 0.656. The lowest BCUT2D eigenvalue weighted by Gasteiger charge is -2.04. The van der Waals surface area contributed by atoms with E-state index in [1.165, 1.54) is 5.56 Å². The Bertz CT molecular complexity index is 892. The van der Waals surface area contributed by atoms with Crippen molar-refractivity contribution in [3.63, 3.8) is 0 Å². The van der Waals surface area contributed by atoms with E-state index in [4.69, 9.17) is 4.52 Å². The predicted octanol–water partition coefficient (Wildman–Crippen LogP) is 3.89. The standard InChI is InChI=1S/C19H21N3O2S/c1-11-7-5-6-8-15(11)19-21-13(3)17(25-19)10-20-18(23)9-16-12(2)22-24-14(16)4/h5-8H,9-10H2,1-4H3,(H,20,23). The number of carbonyl (C=O) groups is 1. The minimum Gasteiger partial charge on any atom is -0.361 e. The molecular formula is C19H21N3O2S. The van der Waals surface area contributed by atoms with Gasteiger partial charge in [0.1, 0.15) is 10.8 Å². The van der Waals surface area contributed by atoms with Crippen molar-refractivity contribution < 1.29 is 9.32 Å². The van der Waals surface area contributed by atoms with E-state index < -0.39 is 0 Å². The lowest BCUT2D eigenvalue weighted by Crippen LogP contribution is -2.24. The van der Waals surface area contributed by atoms with Gasteiger partial charge in [-0.1, -0.05) is 29.4 Å². The second-order valence-corrected chi connectivity index (χ2v) is 7.18. The van der Waals surface area contributed by atoms with Crippen LogP contribution >= 0.6 is 11.3 Å². The molecule has 0 fully saturated rings. The highest BCUT2D eigenvalue weighted by atomic mass is 32.1. The Kier molecular flexibility index (Phi) is 4.99. The van der Waals surface area contributed by atoms with Crippen molar-refractivity contribution in [2.24, 2.45) is 0 Å². The fourth-order valence-corrected chi connectivity index (χ4v) is 3.77. The zero-order valence-electron chi connectivity index (χ0n) is 14.8. The molecule has 130 valence electrons. The normalized spacial score (nSPS) is 10.9. The molecule has 5 nitrogen and oxygen atoms in total. The Balaban J connectivity index is 1.68. The van der Waals surface area contributed by atoms with Crippen molar-refractivity contribution in [2.45, 2.75) is 40.7 Å². The predicted molar refractivity (Wildman–Crippen MR) is 98.6 cm³/mol. The number of hydrogen-bond donors (Lipinski definition) is 1. The number of amides is 1. The monoisotopic (exact) mass is 355 g/mol. The maximum absolute atomic E-state index is 12.2. The summed E-state index contributed by atoms with van der Waals surface area (Å²) in [5.41, 5.74) is 4.93. The second kappa shape index (κ2) is 7.19. The molecule has 0 saturated carbocycles. The summed E-state index contributed by atoms with van der Waals surface area (Å²) in [4.78, 5) is 18.0. The molecule has 2 heterocycles. The number of hydrogen-bond acceptors (Lipinski definition) is 5. The molecule has 1 aromatic carbocycles. The smallest absolute Gasteiger partial charge is 0.224 e. The first kappa shape index (κ1) is 17.4. The molecule has 0 unspecified atom stereocenters. The first-order valence-electron chi connectivity index (χ1n) is 8.16. The average molecular weight is 355 g/mol. The van der Waals surface area contributed by atoms with E-state index in [9.17, 15) is 4.79 Å². The molecule has 3 rings (SSSR count). The number of aryl methyl sites for hydroxylation is 4. The summed E-state index contributed by atoms with van der Waals surface area (Å²) in [7, 11) is 0. The number of nitrogens with one attached hydrogen (secondary N) is 1. The van der Waals surface area contributed by atoms with Crippen molar-refractivity contribution in [3.8, 4) is 10.6 Å². The van der Waals surface area contributed by atoms with E-state index in [1.54, 1.807) is 11.3 Å². The van der Waals surface area contributed by atoms with Gasteiger partial charge >= 0.3 is 0 Å². The van der Waals surface area contributed by atoms with E-state index >= 15 is 0 Å². The third kappa shape index (κ3) is 3.79. The van der Waals surface area contributed by atoms with E-state index in [0.717, 1.165) is 32.4 Å². The van der Waals surface area contributed by atoms with Crippen molar-refractivity contribution in [2.75, 3.05) is 0 Å². The third-order valence-corrected chi connectivity index (χ3v) is 5.42. The third-order valence-electron chi connectivity index (χ3n) is 4.23. The molecule has 0 saturated heterocycles. The quantitative estimate of drug-likeness (QED) is 0.754. The summed E-state index contributed by atoms with van der Waals surface area (Å²) in [6.07, 6.45) is 0.281. The van der Waals surface area contributed by atoms with Gasteiger partial charge in [-0.2, -0.15) is 0 Å². The van der Waals surface area contributed by atoms with Crippen LogP contribution in [0.3, 0.4) is 0 Å². The van der Waals surface area contributed by atoms with Crippen LogP contribution in [0.5, 0.6) is 0 Å². The van der Waals surface area contributed by atoms with Gasteiger partial charge in [0.05, 0.1) is 24.4 Å². The number of rotatable bonds is 5. The van der Waals surface area contributed by atoms with E-state index in [-0.39, 0.29) is 12.3 Å². The molecule has 2 aromatic heterocycles. The van der Waals surface area contributed by atoms with Gasteiger partial charge in [-0.3, -0.25) is 4.79 Å². The topological polar surface area (TPSA) is 68.0 Å². The van der Waals surface area contributed by atoms with Crippen molar-refractivity contribution in [1.82, 2.24) is 15.5 Å². The van der Waals surface area contributed by atoms with Crippen LogP contribution in [0.4, 0.5) is 0 Å². The Morgan fingerprint density at radius 1 is 1.16 bits per heavy atom. The van der Waals surface area contributed by atoms with Crippen LogP contribution in [0.2, 0.25) is 0 Å². The summed E-state index contributed by atoms with van der Waals surface area (Å²) >= 11 is 1.63. The van der Waals surface area contributed by atoms with Crippen LogP contribution in [0.15, 0.2) is 28.8 Å². The van der Waals surface area contributed by atoms with Gasteiger partial charge in [0.15, 0.2) is 0 Å². The zero-order chi connectivity index (χ0) is 18.0. The highest BCUT2D eigenvalue weighted by Crippen LogP contribution is 2.30. The van der Waals surface area contributed by atoms with Crippen LogP contribution < -0.4 is 5.32 Å². The van der Waals surface area contributed by atoms with Gasteiger partial charge in [-0.15, -0.1) is 11.3 Å². The number of benzene rings is 1. The van der Waals surface area contributed by atoms with Crippen LogP contribution in [-0.2, 0) is 17.8 Å². The number of thiazole rings is 1. The molecule has 0 bridgehead atoms. The summed E-state index contributed by atoms with van der Waals surface area (Å²) in [5, 5.41) is 7.85. The Hall–Kier alpha value is -2.47. The Labute approximate surface area is 151 Å². The van der Waals surface area contributed by atoms with Crippen LogP contribution in [0.1, 0.15) is 33.2 Å². The summed E-state index contributed by atoms with van der Waals surface area (Å²) < 4.78 is 5.10. The van der Waals surface area contributed by atoms with E-state index in [0.29, 0.717) is 12.3 Å². The van der Waals surface area contributed by atoms with Crippen LogP contribution in [0, 0.1) is 27.7 Å². The molecule has 0 radical (unpaired) electrons. The largest absolute Gasteiger partial charge is 0.361 e. The number of aromatic nitrogens is 2. The first-order chi connectivity index (χ1) is 12.0. The fourth-order valence-electron chi connectivity index (χ4n) is 2.68. The van der Waals surface area contributed by atoms with Crippen molar-refractivity contribution in [1.29, 1.82) is 0 Å². The van der Waals surface area contributed by atoms with Crippen molar-refractivity contribution in [3.05, 3.63) is 57.4 Å². The molecule has 6 heteroatoms. The van der Waals surface area contributed by atoms with E-state index in [2.05, 4.69) is 34.5 Å². The zero-order valence-corrected chi connectivity index (χ0v) is 15.7. The van der Waals surface area contributed by atoms with Crippen LogP contribution in [0.25, 0.3) is 10.6 Å². The minimum atomic E-state index is -0.0420. The lowest BCUT2D eigenvalue weighted by molar-refractivity contribution is -0.120. The Morgan fingerprint density at radius 3 is 2.60 bits per heavy atom. The van der Waals surface area contributed by atoms with Gasteiger partial charge in [0, 0.05) is 16.0 Å². The maximum atomic E-state index is 12.2. The van der Waals surface area contributed by atoms with Gasteiger partial charge in [-0.05, 0) is 33.3 Å². The number of nitrogens with zero attached hydrogens (tertiary/aromatic N) is 2. The number of carbonyl (C=O) groups excluding carboxylic acids is 1.